The Hall–Kier alpha value is -0.330. The monoisotopic (exact) mass is 392 g/mol. The van der Waals surface area contributed by atoms with Gasteiger partial charge in [-0.15, -0.1) is 0 Å². The van der Waals surface area contributed by atoms with E-state index in [1.807, 2.05) is 13.8 Å². The molecule has 5 heteroatoms. The van der Waals surface area contributed by atoms with Crippen molar-refractivity contribution in [1.82, 2.24) is 0 Å². The van der Waals surface area contributed by atoms with E-state index in [2.05, 4.69) is 22.6 Å². The van der Waals surface area contributed by atoms with Crippen LogP contribution in [0.15, 0.2) is 0 Å². The van der Waals surface area contributed by atoms with Crippen molar-refractivity contribution in [3.8, 4) is 0 Å². The Labute approximate surface area is 133 Å². The van der Waals surface area contributed by atoms with Gasteiger partial charge in [0.05, 0.1) is 12.5 Å². The second-order valence-electron chi connectivity index (χ2n) is 6.55. The number of hydrogen-bond donors (Lipinski definition) is 0. The first kappa shape index (κ1) is 14.6. The van der Waals surface area contributed by atoms with Crippen molar-refractivity contribution in [2.24, 2.45) is 23.7 Å². The smallest absolute Gasteiger partial charge is 0.322 e. The van der Waals surface area contributed by atoms with E-state index in [1.54, 1.807) is 0 Å². The molecule has 2 bridgehead atoms. The van der Waals surface area contributed by atoms with E-state index in [1.165, 1.54) is 0 Å². The highest BCUT2D eigenvalue weighted by Gasteiger charge is 2.56. The number of halogens is 1. The van der Waals surface area contributed by atoms with Gasteiger partial charge in [-0.3, -0.25) is 9.59 Å². The van der Waals surface area contributed by atoms with Crippen LogP contribution in [0.3, 0.4) is 0 Å². The Morgan fingerprint density at radius 3 is 2.90 bits per heavy atom. The molecule has 0 spiro atoms. The van der Waals surface area contributed by atoms with E-state index < -0.39 is 3.42 Å². The maximum absolute atomic E-state index is 12.3. The Balaban J connectivity index is 1.72. The Kier molecular flexibility index (Phi) is 3.75. The quantitative estimate of drug-likeness (QED) is 0.421. The molecule has 0 amide bonds. The van der Waals surface area contributed by atoms with Crippen LogP contribution >= 0.6 is 22.6 Å². The van der Waals surface area contributed by atoms with Crippen molar-refractivity contribution in [3.05, 3.63) is 0 Å². The minimum absolute atomic E-state index is 0.0161. The molecular formula is C15H21IO4. The van der Waals surface area contributed by atoms with E-state index in [0.717, 1.165) is 25.7 Å². The fourth-order valence-corrected chi connectivity index (χ4v) is 4.15. The van der Waals surface area contributed by atoms with Gasteiger partial charge in [0.1, 0.15) is 9.53 Å². The second-order valence-corrected chi connectivity index (χ2v) is 8.93. The van der Waals surface area contributed by atoms with Gasteiger partial charge in [0.15, 0.2) is 0 Å². The first-order valence-electron chi connectivity index (χ1n) is 7.50. The molecule has 0 aromatic rings. The lowest BCUT2D eigenvalue weighted by atomic mass is 9.58. The summed E-state index contributed by atoms with van der Waals surface area (Å²) in [5.41, 5.74) is 0. The number of carbonyl (C=O) groups is 2. The second kappa shape index (κ2) is 5.14. The fraction of sp³-hybridized carbons (Fsp3) is 0.867. The molecule has 4 nitrogen and oxygen atoms in total. The molecule has 0 aromatic heterocycles. The third-order valence-corrected chi connectivity index (χ3v) is 6.64. The zero-order chi connectivity index (χ0) is 14.5. The molecular weight excluding hydrogens is 371 g/mol. The molecule has 4 rings (SSSR count). The molecule has 4 aliphatic rings. The van der Waals surface area contributed by atoms with Crippen LogP contribution in [0.1, 0.15) is 39.5 Å². The predicted molar refractivity (Wildman–Crippen MR) is 81.4 cm³/mol. The highest BCUT2D eigenvalue weighted by Crippen LogP contribution is 2.53. The van der Waals surface area contributed by atoms with Gasteiger partial charge in [0.2, 0.25) is 0 Å². The zero-order valence-corrected chi connectivity index (χ0v) is 14.1. The molecule has 6 atom stereocenters. The van der Waals surface area contributed by atoms with Crippen LogP contribution in [0.2, 0.25) is 0 Å². The predicted octanol–water partition coefficient (Wildman–Crippen LogP) is 2.72. The van der Waals surface area contributed by atoms with Crippen LogP contribution in [-0.4, -0.2) is 28.1 Å². The molecule has 112 valence electrons. The zero-order valence-electron chi connectivity index (χ0n) is 11.9. The van der Waals surface area contributed by atoms with Crippen LogP contribution in [0.4, 0.5) is 0 Å². The molecule has 4 fully saturated rings. The third kappa shape index (κ3) is 2.25. The lowest BCUT2D eigenvalue weighted by Crippen LogP contribution is -2.50. The van der Waals surface area contributed by atoms with Gasteiger partial charge in [0.25, 0.3) is 0 Å². The molecule has 3 aliphatic carbocycles. The van der Waals surface area contributed by atoms with E-state index in [0.29, 0.717) is 18.4 Å². The molecule has 0 aromatic carbocycles. The highest BCUT2D eigenvalue weighted by molar-refractivity contribution is 14.1. The van der Waals surface area contributed by atoms with E-state index in [-0.39, 0.29) is 29.9 Å². The highest BCUT2D eigenvalue weighted by atomic mass is 127. The van der Waals surface area contributed by atoms with Crippen LogP contribution < -0.4 is 0 Å². The van der Waals surface area contributed by atoms with E-state index in [4.69, 9.17) is 9.47 Å². The van der Waals surface area contributed by atoms with Crippen molar-refractivity contribution >= 4 is 34.5 Å². The summed E-state index contributed by atoms with van der Waals surface area (Å²) in [6, 6.07) is 0. The summed E-state index contributed by atoms with van der Waals surface area (Å²) in [6.45, 7) is 4.44. The number of carbonyl (C=O) groups excluding carboxylic acids is 2. The molecule has 0 radical (unpaired) electrons. The summed E-state index contributed by atoms with van der Waals surface area (Å²) in [6.07, 6.45) is 3.72. The number of rotatable bonds is 3. The number of alkyl halides is 1. The van der Waals surface area contributed by atoms with Crippen molar-refractivity contribution in [2.75, 3.05) is 6.61 Å². The lowest BCUT2D eigenvalue weighted by molar-refractivity contribution is -0.166. The summed E-state index contributed by atoms with van der Waals surface area (Å²) in [5.74, 6) is 0.863. The standard InChI is InChI=1S/C15H21IO4/c1-3-15(2,16)14(18)20-11-6-8-4-5-9(11)10-7-19-13(17)12(8)10/h8-12H,3-7H2,1-2H3/t8?,9-,10?,11?,12?,15?/m0/s1. The van der Waals surface area contributed by atoms with Crippen molar-refractivity contribution in [3.63, 3.8) is 0 Å². The van der Waals surface area contributed by atoms with Crippen LogP contribution in [-0.2, 0) is 19.1 Å². The largest absolute Gasteiger partial charge is 0.465 e. The Bertz CT molecular complexity index is 434. The minimum atomic E-state index is -0.449. The Morgan fingerprint density at radius 2 is 2.20 bits per heavy atom. The summed E-state index contributed by atoms with van der Waals surface area (Å²) in [5, 5.41) is 0. The van der Waals surface area contributed by atoms with Crippen LogP contribution in [0.5, 0.6) is 0 Å². The summed E-state index contributed by atoms with van der Waals surface area (Å²) in [4.78, 5) is 24.1. The Morgan fingerprint density at radius 1 is 1.45 bits per heavy atom. The first-order chi connectivity index (χ1) is 9.44. The van der Waals surface area contributed by atoms with Gasteiger partial charge in [-0.2, -0.15) is 0 Å². The SMILES string of the molecule is CCC(C)(I)C(=O)OC1CC2CC[C@H]1C1COC(=O)C21. The summed E-state index contributed by atoms with van der Waals surface area (Å²) < 4.78 is 10.6. The normalized spacial score (nSPS) is 41.8. The number of cyclic esters (lactones) is 1. The number of hydrogen-bond acceptors (Lipinski definition) is 4. The average molecular weight is 392 g/mol. The molecule has 1 saturated heterocycles. The lowest BCUT2D eigenvalue weighted by Gasteiger charge is -2.47. The number of fused-ring (bicyclic) bond motifs is 2. The van der Waals surface area contributed by atoms with Crippen LogP contribution in [0, 0.1) is 23.7 Å². The van der Waals surface area contributed by atoms with Gasteiger partial charge in [0, 0.05) is 11.8 Å². The van der Waals surface area contributed by atoms with Gasteiger partial charge in [-0.25, -0.2) is 0 Å². The minimum Gasteiger partial charge on any atom is -0.465 e. The summed E-state index contributed by atoms with van der Waals surface area (Å²) in [7, 11) is 0. The molecule has 3 saturated carbocycles. The van der Waals surface area contributed by atoms with Crippen molar-refractivity contribution in [2.45, 2.75) is 49.1 Å². The molecule has 1 heterocycles. The van der Waals surface area contributed by atoms with Gasteiger partial charge in [-0.05, 0) is 38.5 Å². The maximum Gasteiger partial charge on any atom is 0.322 e. The summed E-state index contributed by atoms with van der Waals surface area (Å²) >= 11 is 2.17. The van der Waals surface area contributed by atoms with Gasteiger partial charge < -0.3 is 9.47 Å². The topological polar surface area (TPSA) is 52.6 Å². The van der Waals surface area contributed by atoms with Gasteiger partial charge >= 0.3 is 11.9 Å². The molecule has 20 heavy (non-hydrogen) atoms. The van der Waals surface area contributed by atoms with Crippen molar-refractivity contribution < 1.29 is 19.1 Å². The molecule has 0 N–H and O–H groups in total. The molecule has 1 aliphatic heterocycles. The molecule has 5 unspecified atom stereocenters. The van der Waals surface area contributed by atoms with Crippen molar-refractivity contribution in [1.29, 1.82) is 0 Å². The van der Waals surface area contributed by atoms with E-state index >= 15 is 0 Å². The maximum atomic E-state index is 12.3. The third-order valence-electron chi connectivity index (χ3n) is 5.44. The van der Waals surface area contributed by atoms with Gasteiger partial charge in [-0.1, -0.05) is 29.5 Å². The number of ether oxygens (including phenoxy) is 2. The average Bonchev–Trinajstić information content (AvgIpc) is 2.83. The first-order valence-corrected chi connectivity index (χ1v) is 8.58. The van der Waals surface area contributed by atoms with E-state index in [9.17, 15) is 9.59 Å². The fourth-order valence-electron chi connectivity index (χ4n) is 4.02. The van der Waals surface area contributed by atoms with Crippen LogP contribution in [0.25, 0.3) is 0 Å². The number of esters is 2.